The lowest BCUT2D eigenvalue weighted by molar-refractivity contribution is -0.118. The lowest BCUT2D eigenvalue weighted by Gasteiger charge is -2.08. The van der Waals surface area contributed by atoms with Crippen molar-refractivity contribution in [1.29, 1.82) is 0 Å². The molecule has 35 heavy (non-hydrogen) atoms. The van der Waals surface area contributed by atoms with Crippen LogP contribution in [0.3, 0.4) is 0 Å². The fraction of sp³-hybridized carbons (Fsp3) is 0.120. The first-order valence-electron chi connectivity index (χ1n) is 11.0. The number of nitrogens with one attached hydrogen (secondary N) is 3. The largest absolute Gasteiger partial charge is 0.335 e. The molecule has 1 amide bonds. The zero-order valence-electron chi connectivity index (χ0n) is 18.9. The number of aromatic amines is 2. The number of aromatic nitrogens is 7. The molecule has 0 radical (unpaired) electrons. The Morgan fingerprint density at radius 1 is 1.09 bits per heavy atom. The summed E-state index contributed by atoms with van der Waals surface area (Å²) in [5.74, 6) is 0.430. The summed E-state index contributed by atoms with van der Waals surface area (Å²) in [6.07, 6.45) is 6.84. The van der Waals surface area contributed by atoms with Crippen LogP contribution in [0, 0.1) is 5.92 Å². The van der Waals surface area contributed by atoms with Crippen LogP contribution < -0.4 is 5.32 Å². The van der Waals surface area contributed by atoms with E-state index in [0.29, 0.717) is 28.5 Å². The molecule has 0 fully saturated rings. The zero-order valence-corrected chi connectivity index (χ0v) is 19.7. The van der Waals surface area contributed by atoms with Crippen molar-refractivity contribution in [2.45, 2.75) is 13.8 Å². The summed E-state index contributed by atoms with van der Waals surface area (Å²) < 4.78 is 0. The van der Waals surface area contributed by atoms with Crippen molar-refractivity contribution in [3.05, 3.63) is 59.8 Å². The van der Waals surface area contributed by atoms with Gasteiger partial charge in [0.15, 0.2) is 11.5 Å². The van der Waals surface area contributed by atoms with E-state index in [9.17, 15) is 4.79 Å². The second kappa shape index (κ2) is 8.41. The molecule has 0 atom stereocenters. The van der Waals surface area contributed by atoms with Crippen molar-refractivity contribution >= 4 is 45.0 Å². The van der Waals surface area contributed by atoms with E-state index in [1.807, 2.05) is 37.4 Å². The predicted octanol–water partition coefficient (Wildman–Crippen LogP) is 5.28. The standard InChI is InChI=1S/C25H20N8OS/c1-13(2)25(34)29-16-7-15(9-26-10-16)19-8-18-20(11-28-19)32-33-22(18)24-30-21-17(14-4-6-35-12-14)3-5-27-23(21)31-24/h3-13H,1-2H3,(H,29,34)(H,32,33)(H,27,30,31). The van der Waals surface area contributed by atoms with Gasteiger partial charge >= 0.3 is 0 Å². The van der Waals surface area contributed by atoms with Gasteiger partial charge in [0.05, 0.1) is 34.8 Å². The third kappa shape index (κ3) is 3.83. The van der Waals surface area contributed by atoms with Crippen LogP contribution in [0.1, 0.15) is 13.8 Å². The van der Waals surface area contributed by atoms with Gasteiger partial charge in [-0.1, -0.05) is 13.8 Å². The first-order chi connectivity index (χ1) is 17.1. The highest BCUT2D eigenvalue weighted by Gasteiger charge is 2.17. The number of rotatable bonds is 5. The monoisotopic (exact) mass is 480 g/mol. The topological polar surface area (TPSA) is 125 Å². The van der Waals surface area contributed by atoms with E-state index in [2.05, 4.69) is 46.9 Å². The van der Waals surface area contributed by atoms with Gasteiger partial charge in [-0.3, -0.25) is 19.9 Å². The summed E-state index contributed by atoms with van der Waals surface area (Å²) in [4.78, 5) is 33.5. The number of anilines is 1. The maximum absolute atomic E-state index is 12.1. The van der Waals surface area contributed by atoms with E-state index in [-0.39, 0.29) is 11.8 Å². The number of pyridine rings is 3. The van der Waals surface area contributed by atoms with Crippen molar-refractivity contribution in [1.82, 2.24) is 35.1 Å². The molecule has 0 aliphatic rings. The van der Waals surface area contributed by atoms with Crippen LogP contribution in [0.2, 0.25) is 0 Å². The Morgan fingerprint density at radius 3 is 2.83 bits per heavy atom. The average Bonchev–Trinajstić information content (AvgIpc) is 3.62. The molecule has 9 nitrogen and oxygen atoms in total. The molecule has 3 N–H and O–H groups in total. The molecule has 0 aromatic carbocycles. The van der Waals surface area contributed by atoms with Crippen molar-refractivity contribution < 1.29 is 4.79 Å². The summed E-state index contributed by atoms with van der Waals surface area (Å²) in [7, 11) is 0. The molecular formula is C25H20N8OS. The Morgan fingerprint density at radius 2 is 2.00 bits per heavy atom. The summed E-state index contributed by atoms with van der Waals surface area (Å²) in [5, 5.41) is 15.4. The maximum Gasteiger partial charge on any atom is 0.226 e. The van der Waals surface area contributed by atoms with Gasteiger partial charge in [0.2, 0.25) is 5.91 Å². The Balaban J connectivity index is 1.41. The molecule has 10 heteroatoms. The van der Waals surface area contributed by atoms with Crippen molar-refractivity contribution in [3.8, 4) is 33.9 Å². The smallest absolute Gasteiger partial charge is 0.226 e. The van der Waals surface area contributed by atoms with Crippen molar-refractivity contribution in [2.24, 2.45) is 5.92 Å². The first kappa shape index (κ1) is 21.1. The number of hydrogen-bond donors (Lipinski definition) is 3. The number of nitrogens with zero attached hydrogens (tertiary/aromatic N) is 5. The highest BCUT2D eigenvalue weighted by Crippen LogP contribution is 2.32. The van der Waals surface area contributed by atoms with Crippen LogP contribution >= 0.6 is 11.3 Å². The highest BCUT2D eigenvalue weighted by molar-refractivity contribution is 7.08. The Kier molecular flexibility index (Phi) is 5.07. The lowest BCUT2D eigenvalue weighted by atomic mass is 10.1. The third-order valence-electron chi connectivity index (χ3n) is 5.72. The SMILES string of the molecule is CC(C)C(=O)Nc1cncc(-c2cc3c(-c4nc5nccc(-c6ccsc6)c5[nH]4)n[nH]c3cn2)c1. The summed E-state index contributed by atoms with van der Waals surface area (Å²) >= 11 is 1.65. The number of hydrogen-bond acceptors (Lipinski definition) is 7. The van der Waals surface area contributed by atoms with Gasteiger partial charge < -0.3 is 10.3 Å². The molecule has 0 aliphatic heterocycles. The van der Waals surface area contributed by atoms with E-state index >= 15 is 0 Å². The van der Waals surface area contributed by atoms with Gasteiger partial charge in [0.25, 0.3) is 0 Å². The number of carbonyl (C=O) groups excluding carboxylic acids is 1. The van der Waals surface area contributed by atoms with Gasteiger partial charge in [-0.2, -0.15) is 16.4 Å². The molecule has 0 aliphatic carbocycles. The molecule has 6 aromatic heterocycles. The molecule has 0 saturated heterocycles. The van der Waals surface area contributed by atoms with Crippen LogP contribution in [0.4, 0.5) is 5.69 Å². The molecule has 0 spiro atoms. The molecule has 0 bridgehead atoms. The van der Waals surface area contributed by atoms with E-state index in [0.717, 1.165) is 33.1 Å². The summed E-state index contributed by atoms with van der Waals surface area (Å²) in [6, 6.07) is 7.86. The van der Waals surface area contributed by atoms with Gasteiger partial charge in [0.1, 0.15) is 5.69 Å². The third-order valence-corrected chi connectivity index (χ3v) is 6.40. The Bertz CT molecular complexity index is 1680. The number of fused-ring (bicyclic) bond motifs is 2. The minimum Gasteiger partial charge on any atom is -0.335 e. The fourth-order valence-corrected chi connectivity index (χ4v) is 4.53. The number of thiophene rings is 1. The number of imidazole rings is 1. The van der Waals surface area contributed by atoms with Crippen molar-refractivity contribution in [2.75, 3.05) is 5.32 Å². The molecule has 6 heterocycles. The van der Waals surface area contributed by atoms with Crippen LogP contribution in [0.15, 0.2) is 59.8 Å². The molecule has 6 aromatic rings. The number of H-pyrrole nitrogens is 2. The maximum atomic E-state index is 12.1. The lowest BCUT2D eigenvalue weighted by Crippen LogP contribution is -2.17. The Labute approximate surface area is 203 Å². The summed E-state index contributed by atoms with van der Waals surface area (Å²) in [6.45, 7) is 3.69. The second-order valence-electron chi connectivity index (χ2n) is 8.45. The van der Waals surface area contributed by atoms with Crippen molar-refractivity contribution in [3.63, 3.8) is 0 Å². The van der Waals surface area contributed by atoms with Crippen LogP contribution in [-0.4, -0.2) is 41.0 Å². The van der Waals surface area contributed by atoms with Gasteiger partial charge in [-0.05, 0) is 40.6 Å². The highest BCUT2D eigenvalue weighted by atomic mass is 32.1. The van der Waals surface area contributed by atoms with Crippen LogP contribution in [0.25, 0.3) is 56.0 Å². The van der Waals surface area contributed by atoms with Gasteiger partial charge in [0, 0.05) is 34.8 Å². The Hall–Kier alpha value is -4.44. The summed E-state index contributed by atoms with van der Waals surface area (Å²) in [5.41, 5.74) is 7.24. The minimum atomic E-state index is -0.125. The number of amides is 1. The molecule has 0 unspecified atom stereocenters. The van der Waals surface area contributed by atoms with Crippen LogP contribution in [0.5, 0.6) is 0 Å². The predicted molar refractivity (Wildman–Crippen MR) is 137 cm³/mol. The van der Waals surface area contributed by atoms with E-state index in [1.54, 1.807) is 36.1 Å². The quantitative estimate of drug-likeness (QED) is 0.308. The normalized spacial score (nSPS) is 11.5. The van der Waals surface area contributed by atoms with Gasteiger partial charge in [-0.15, -0.1) is 0 Å². The van der Waals surface area contributed by atoms with E-state index < -0.39 is 0 Å². The molecular weight excluding hydrogens is 460 g/mol. The first-order valence-corrected chi connectivity index (χ1v) is 12.0. The van der Waals surface area contributed by atoms with Crippen LogP contribution in [-0.2, 0) is 4.79 Å². The van der Waals surface area contributed by atoms with E-state index in [4.69, 9.17) is 4.98 Å². The fourth-order valence-electron chi connectivity index (χ4n) is 3.87. The minimum absolute atomic E-state index is 0.0650. The molecule has 6 rings (SSSR count). The van der Waals surface area contributed by atoms with E-state index in [1.165, 1.54) is 0 Å². The van der Waals surface area contributed by atoms with Gasteiger partial charge in [-0.25, -0.2) is 9.97 Å². The second-order valence-corrected chi connectivity index (χ2v) is 9.23. The zero-order chi connectivity index (χ0) is 23.9. The molecule has 0 saturated carbocycles. The number of carbonyl (C=O) groups is 1. The molecule has 172 valence electrons. The average molecular weight is 481 g/mol.